The molecular weight excluding hydrogens is 351 g/mol. The van der Waals surface area contributed by atoms with Crippen LogP contribution in [0.3, 0.4) is 0 Å². The largest absolute Gasteiger partial charge is 0.489 e. The lowest BCUT2D eigenvalue weighted by Gasteiger charge is -2.24. The van der Waals surface area contributed by atoms with E-state index < -0.39 is 5.82 Å². The highest BCUT2D eigenvalue weighted by Crippen LogP contribution is 2.32. The van der Waals surface area contributed by atoms with E-state index in [0.717, 1.165) is 0 Å². The zero-order valence-corrected chi connectivity index (χ0v) is 15.4. The normalized spacial score (nSPS) is 13.9. The Morgan fingerprint density at radius 1 is 1.22 bits per heavy atom. The van der Waals surface area contributed by atoms with Crippen molar-refractivity contribution in [3.05, 3.63) is 48.3 Å². The van der Waals surface area contributed by atoms with Gasteiger partial charge in [-0.3, -0.25) is 9.69 Å². The molecule has 0 saturated heterocycles. The maximum absolute atomic E-state index is 13.5. The van der Waals surface area contributed by atoms with E-state index in [-0.39, 0.29) is 24.3 Å². The number of hydrogen-bond donors (Lipinski definition) is 1. The van der Waals surface area contributed by atoms with Gasteiger partial charge in [0.25, 0.3) is 0 Å². The van der Waals surface area contributed by atoms with Gasteiger partial charge in [0.1, 0.15) is 19.8 Å². The van der Waals surface area contributed by atoms with Crippen molar-refractivity contribution in [1.82, 2.24) is 4.90 Å². The van der Waals surface area contributed by atoms with Crippen LogP contribution >= 0.6 is 0 Å². The van der Waals surface area contributed by atoms with E-state index in [1.807, 2.05) is 11.9 Å². The Morgan fingerprint density at radius 2 is 1.96 bits per heavy atom. The molecule has 3 rings (SSSR count). The summed E-state index contributed by atoms with van der Waals surface area (Å²) in [5, 5.41) is 2.87. The number of benzene rings is 2. The van der Waals surface area contributed by atoms with Crippen molar-refractivity contribution in [3.63, 3.8) is 0 Å². The van der Waals surface area contributed by atoms with Gasteiger partial charge >= 0.3 is 0 Å². The molecule has 0 fully saturated rings. The van der Waals surface area contributed by atoms with Crippen molar-refractivity contribution < 1.29 is 23.4 Å². The maximum Gasteiger partial charge on any atom is 0.241 e. The van der Waals surface area contributed by atoms with Gasteiger partial charge in [0.15, 0.2) is 23.1 Å². The van der Waals surface area contributed by atoms with E-state index in [2.05, 4.69) is 5.32 Å². The summed E-state index contributed by atoms with van der Waals surface area (Å²) in [5.41, 5.74) is 0.645. The summed E-state index contributed by atoms with van der Waals surface area (Å²) in [6.07, 6.45) is 0. The van der Waals surface area contributed by atoms with Crippen LogP contribution in [-0.2, 0) is 4.79 Å². The summed E-state index contributed by atoms with van der Waals surface area (Å²) < 4.78 is 30.0. The first-order chi connectivity index (χ1) is 13.0. The Kier molecular flexibility index (Phi) is 6.13. The Bertz CT molecular complexity index is 799. The van der Waals surface area contributed by atoms with Crippen LogP contribution in [0, 0.1) is 5.82 Å². The number of anilines is 1. The fourth-order valence-corrected chi connectivity index (χ4v) is 2.62. The lowest BCUT2D eigenvalue weighted by molar-refractivity contribution is -0.120. The number of carbonyl (C=O) groups is 1. The number of nitrogens with one attached hydrogen (secondary N) is 1. The van der Waals surface area contributed by atoms with E-state index in [4.69, 9.17) is 14.2 Å². The van der Waals surface area contributed by atoms with Gasteiger partial charge in [-0.05, 0) is 38.2 Å². The maximum atomic E-state index is 13.5. The van der Waals surface area contributed by atoms with Crippen molar-refractivity contribution >= 4 is 11.6 Å². The Hall–Kier alpha value is -2.80. The summed E-state index contributed by atoms with van der Waals surface area (Å²) in [5.74, 6) is 0.956. The highest BCUT2D eigenvalue weighted by Gasteiger charge is 2.19. The number of ether oxygens (including phenoxy) is 3. The zero-order valence-electron chi connectivity index (χ0n) is 15.4. The third kappa shape index (κ3) is 4.89. The number of likely N-dealkylation sites (N-methyl/N-ethyl adjacent to an activating group) is 1. The molecule has 7 heteroatoms. The molecule has 0 spiro atoms. The van der Waals surface area contributed by atoms with Gasteiger partial charge < -0.3 is 19.5 Å². The smallest absolute Gasteiger partial charge is 0.241 e. The van der Waals surface area contributed by atoms with E-state index in [9.17, 15) is 9.18 Å². The minimum atomic E-state index is -0.399. The molecule has 27 heavy (non-hydrogen) atoms. The molecule has 6 nitrogen and oxygen atoms in total. The molecule has 2 aromatic rings. The van der Waals surface area contributed by atoms with E-state index in [1.54, 1.807) is 43.3 Å². The highest BCUT2D eigenvalue weighted by atomic mass is 19.1. The second-order valence-electron chi connectivity index (χ2n) is 6.28. The molecule has 144 valence electrons. The average Bonchev–Trinajstić information content (AvgIpc) is 2.68. The second-order valence-corrected chi connectivity index (χ2v) is 6.28. The molecule has 1 amide bonds. The van der Waals surface area contributed by atoms with Crippen molar-refractivity contribution in [3.8, 4) is 17.2 Å². The molecule has 1 N–H and O–H groups in total. The van der Waals surface area contributed by atoms with E-state index >= 15 is 0 Å². The summed E-state index contributed by atoms with van der Waals surface area (Å²) in [6.45, 7) is 3.57. The molecule has 1 aliphatic heterocycles. The molecule has 1 unspecified atom stereocenters. The quantitative estimate of drug-likeness (QED) is 0.808. The first-order valence-corrected chi connectivity index (χ1v) is 8.82. The minimum absolute atomic E-state index is 0.153. The van der Waals surface area contributed by atoms with Gasteiger partial charge in [0.2, 0.25) is 5.91 Å². The number of hydrogen-bond acceptors (Lipinski definition) is 5. The molecule has 0 aliphatic carbocycles. The number of amides is 1. The molecule has 0 saturated carbocycles. The average molecular weight is 374 g/mol. The fourth-order valence-electron chi connectivity index (χ4n) is 2.62. The van der Waals surface area contributed by atoms with Crippen LogP contribution in [0.25, 0.3) is 0 Å². The summed E-state index contributed by atoms with van der Waals surface area (Å²) >= 11 is 0. The molecule has 1 atom stereocenters. The van der Waals surface area contributed by atoms with Crippen molar-refractivity contribution in [2.75, 3.05) is 38.7 Å². The first-order valence-electron chi connectivity index (χ1n) is 8.82. The van der Waals surface area contributed by atoms with Gasteiger partial charge in [0, 0.05) is 18.3 Å². The standard InChI is InChI=1S/C20H23FN2O4/c1-14(23(2)9-10-25-17-6-4-3-5-16(17)21)20(24)22-15-7-8-18-19(13-15)27-12-11-26-18/h3-8,13-14H,9-12H2,1-2H3,(H,22,24). The predicted molar refractivity (Wildman–Crippen MR) is 100 cm³/mol. The van der Waals surface area contributed by atoms with Crippen molar-refractivity contribution in [1.29, 1.82) is 0 Å². The van der Waals surface area contributed by atoms with Crippen molar-refractivity contribution in [2.24, 2.45) is 0 Å². The van der Waals surface area contributed by atoms with Crippen LogP contribution in [-0.4, -0.2) is 50.3 Å². The summed E-state index contributed by atoms with van der Waals surface area (Å²) in [4.78, 5) is 14.3. The monoisotopic (exact) mass is 374 g/mol. The molecular formula is C20H23FN2O4. The van der Waals surface area contributed by atoms with Gasteiger partial charge in [-0.25, -0.2) is 4.39 Å². The number of para-hydroxylation sites is 1. The van der Waals surface area contributed by atoms with Gasteiger partial charge in [-0.15, -0.1) is 0 Å². The number of fused-ring (bicyclic) bond motifs is 1. The van der Waals surface area contributed by atoms with Crippen LogP contribution < -0.4 is 19.5 Å². The van der Waals surface area contributed by atoms with Gasteiger partial charge in [-0.2, -0.15) is 0 Å². The molecule has 2 aromatic carbocycles. The van der Waals surface area contributed by atoms with E-state index in [0.29, 0.717) is 36.9 Å². The number of nitrogens with zero attached hydrogens (tertiary/aromatic N) is 1. The van der Waals surface area contributed by atoms with Crippen LogP contribution in [0.15, 0.2) is 42.5 Å². The van der Waals surface area contributed by atoms with Crippen LogP contribution in [0.1, 0.15) is 6.92 Å². The SMILES string of the molecule is CC(C(=O)Nc1ccc2c(c1)OCCO2)N(C)CCOc1ccccc1F. The Labute approximate surface area is 157 Å². The van der Waals surface area contributed by atoms with Crippen LogP contribution in [0.4, 0.5) is 10.1 Å². The number of carbonyl (C=O) groups excluding carboxylic acids is 1. The third-order valence-electron chi connectivity index (χ3n) is 4.39. The minimum Gasteiger partial charge on any atom is -0.489 e. The first kappa shape index (κ1) is 19.0. The van der Waals surface area contributed by atoms with Crippen molar-refractivity contribution in [2.45, 2.75) is 13.0 Å². The van der Waals surface area contributed by atoms with Crippen LogP contribution in [0.5, 0.6) is 17.2 Å². The molecule has 0 bridgehead atoms. The fraction of sp³-hybridized carbons (Fsp3) is 0.350. The van der Waals surface area contributed by atoms with E-state index in [1.165, 1.54) is 6.07 Å². The summed E-state index contributed by atoms with van der Waals surface area (Å²) in [7, 11) is 1.82. The van der Waals surface area contributed by atoms with Gasteiger partial charge in [-0.1, -0.05) is 12.1 Å². The topological polar surface area (TPSA) is 60.0 Å². The third-order valence-corrected chi connectivity index (χ3v) is 4.39. The highest BCUT2D eigenvalue weighted by molar-refractivity contribution is 5.94. The molecule has 1 heterocycles. The summed E-state index contributed by atoms with van der Waals surface area (Å²) in [6, 6.07) is 11.2. The molecule has 0 aromatic heterocycles. The Balaban J connectivity index is 1.50. The lowest BCUT2D eigenvalue weighted by Crippen LogP contribution is -2.41. The predicted octanol–water partition coefficient (Wildman–Crippen LogP) is 2.93. The Morgan fingerprint density at radius 3 is 2.74 bits per heavy atom. The molecule has 0 radical (unpaired) electrons. The van der Waals surface area contributed by atoms with Crippen LogP contribution in [0.2, 0.25) is 0 Å². The van der Waals surface area contributed by atoms with Gasteiger partial charge in [0.05, 0.1) is 6.04 Å². The number of rotatable bonds is 7. The number of halogens is 1. The lowest BCUT2D eigenvalue weighted by atomic mass is 10.2. The second kappa shape index (κ2) is 8.73. The molecule has 1 aliphatic rings. The zero-order chi connectivity index (χ0) is 19.2.